The summed E-state index contributed by atoms with van der Waals surface area (Å²) in [6.45, 7) is 1.68. The molecule has 1 aliphatic carbocycles. The van der Waals surface area contributed by atoms with Gasteiger partial charge in [-0.2, -0.15) is 0 Å². The van der Waals surface area contributed by atoms with Crippen LogP contribution in [0.2, 0.25) is 0 Å². The van der Waals surface area contributed by atoms with Crippen molar-refractivity contribution in [2.45, 2.75) is 19.8 Å². The van der Waals surface area contributed by atoms with Gasteiger partial charge >= 0.3 is 0 Å². The fraction of sp³-hybridized carbons (Fsp3) is 0.364. The molecule has 0 heterocycles. The quantitative estimate of drug-likeness (QED) is 0.636. The third kappa shape index (κ3) is 1.62. The van der Waals surface area contributed by atoms with Crippen molar-refractivity contribution in [3.63, 3.8) is 0 Å². The van der Waals surface area contributed by atoms with E-state index in [1.807, 2.05) is 0 Å². The van der Waals surface area contributed by atoms with Crippen molar-refractivity contribution in [3.05, 3.63) is 35.1 Å². The maximum absolute atomic E-state index is 12.9. The lowest BCUT2D eigenvalue weighted by Gasteiger charge is -2.00. The Morgan fingerprint density at radius 2 is 2.15 bits per heavy atom. The number of ketones is 1. The standard InChI is InChI=1S/C11H11FO/c1-7-6-9(4-5-10(7)12)11(13)8-2-3-8/h4-6,8H,2-3H2,1H3. The van der Waals surface area contributed by atoms with Gasteiger partial charge in [-0.1, -0.05) is 0 Å². The molecule has 0 saturated heterocycles. The van der Waals surface area contributed by atoms with Crippen LogP contribution in [0, 0.1) is 18.7 Å². The molecule has 1 nitrogen and oxygen atoms in total. The number of hydrogen-bond acceptors (Lipinski definition) is 1. The minimum atomic E-state index is -0.243. The van der Waals surface area contributed by atoms with E-state index in [-0.39, 0.29) is 17.5 Å². The fourth-order valence-corrected chi connectivity index (χ4v) is 1.38. The number of rotatable bonds is 2. The van der Waals surface area contributed by atoms with Crippen LogP contribution in [0.15, 0.2) is 18.2 Å². The molecular formula is C11H11FO. The van der Waals surface area contributed by atoms with Crippen LogP contribution in [0.25, 0.3) is 0 Å². The van der Waals surface area contributed by atoms with Crippen molar-refractivity contribution in [1.29, 1.82) is 0 Å². The second kappa shape index (κ2) is 2.95. The summed E-state index contributed by atoms with van der Waals surface area (Å²) in [6, 6.07) is 4.57. The number of benzene rings is 1. The molecule has 0 aromatic heterocycles. The fourth-order valence-electron chi connectivity index (χ4n) is 1.38. The Hall–Kier alpha value is -1.18. The SMILES string of the molecule is Cc1cc(C(=O)C2CC2)ccc1F. The lowest BCUT2D eigenvalue weighted by molar-refractivity contribution is 0.0967. The maximum atomic E-state index is 12.9. The Balaban J connectivity index is 2.30. The topological polar surface area (TPSA) is 17.1 Å². The molecule has 13 heavy (non-hydrogen) atoms. The first-order valence-corrected chi connectivity index (χ1v) is 4.49. The molecule has 2 rings (SSSR count). The van der Waals surface area contributed by atoms with E-state index < -0.39 is 0 Å². The van der Waals surface area contributed by atoms with Gasteiger partial charge in [0.1, 0.15) is 5.82 Å². The molecule has 1 fully saturated rings. The van der Waals surface area contributed by atoms with Crippen molar-refractivity contribution in [3.8, 4) is 0 Å². The molecule has 0 N–H and O–H groups in total. The molecule has 2 heteroatoms. The first-order valence-electron chi connectivity index (χ1n) is 4.49. The van der Waals surface area contributed by atoms with Crippen molar-refractivity contribution in [1.82, 2.24) is 0 Å². The number of carbonyl (C=O) groups excluding carboxylic acids is 1. The minimum absolute atomic E-state index is 0.170. The van der Waals surface area contributed by atoms with Crippen LogP contribution in [0.3, 0.4) is 0 Å². The summed E-state index contributed by atoms with van der Waals surface area (Å²) >= 11 is 0. The van der Waals surface area contributed by atoms with Crippen LogP contribution < -0.4 is 0 Å². The summed E-state index contributed by atoms with van der Waals surface area (Å²) in [5.41, 5.74) is 1.20. The normalized spacial score (nSPS) is 15.8. The van der Waals surface area contributed by atoms with Crippen molar-refractivity contribution < 1.29 is 9.18 Å². The number of halogens is 1. The Bertz CT molecular complexity index is 353. The van der Waals surface area contributed by atoms with Crippen LogP contribution in [0.1, 0.15) is 28.8 Å². The number of hydrogen-bond donors (Lipinski definition) is 0. The van der Waals surface area contributed by atoms with Crippen molar-refractivity contribution >= 4 is 5.78 Å². The van der Waals surface area contributed by atoms with Crippen LogP contribution in [-0.4, -0.2) is 5.78 Å². The van der Waals surface area contributed by atoms with E-state index in [2.05, 4.69) is 0 Å². The summed E-state index contributed by atoms with van der Waals surface area (Å²) in [4.78, 5) is 11.5. The maximum Gasteiger partial charge on any atom is 0.165 e. The molecule has 68 valence electrons. The van der Waals surface area contributed by atoms with Crippen LogP contribution in [-0.2, 0) is 0 Å². The van der Waals surface area contributed by atoms with Crippen LogP contribution in [0.5, 0.6) is 0 Å². The average Bonchev–Trinajstić information content (AvgIpc) is 2.91. The van der Waals surface area contributed by atoms with E-state index in [4.69, 9.17) is 0 Å². The average molecular weight is 178 g/mol. The highest BCUT2D eigenvalue weighted by Gasteiger charge is 2.30. The van der Waals surface area contributed by atoms with Gasteiger partial charge in [0.15, 0.2) is 5.78 Å². The van der Waals surface area contributed by atoms with E-state index in [1.54, 1.807) is 19.1 Å². The summed E-state index contributed by atoms with van der Waals surface area (Å²) < 4.78 is 12.9. The van der Waals surface area contributed by atoms with E-state index in [0.717, 1.165) is 12.8 Å². The van der Waals surface area contributed by atoms with Gasteiger partial charge in [0.25, 0.3) is 0 Å². The molecule has 0 bridgehead atoms. The summed E-state index contributed by atoms with van der Waals surface area (Å²) in [5, 5.41) is 0. The Morgan fingerprint density at radius 3 is 2.69 bits per heavy atom. The van der Waals surface area contributed by atoms with Gasteiger partial charge in [-0.15, -0.1) is 0 Å². The van der Waals surface area contributed by atoms with Gasteiger partial charge in [-0.25, -0.2) is 4.39 Å². The van der Waals surface area contributed by atoms with Gasteiger partial charge in [-0.05, 0) is 43.5 Å². The zero-order valence-electron chi connectivity index (χ0n) is 7.51. The van der Waals surface area contributed by atoms with Crippen LogP contribution in [0.4, 0.5) is 4.39 Å². The first kappa shape index (κ1) is 8.42. The predicted molar refractivity (Wildman–Crippen MR) is 48.2 cm³/mol. The van der Waals surface area contributed by atoms with Crippen molar-refractivity contribution in [2.24, 2.45) is 5.92 Å². The number of aryl methyl sites for hydroxylation is 1. The molecule has 0 unspecified atom stereocenters. The van der Waals surface area contributed by atoms with E-state index in [1.165, 1.54) is 6.07 Å². The molecule has 1 aliphatic rings. The highest BCUT2D eigenvalue weighted by atomic mass is 19.1. The third-order valence-corrected chi connectivity index (χ3v) is 2.39. The summed E-state index contributed by atoms with van der Waals surface area (Å²) in [6.07, 6.45) is 1.99. The van der Waals surface area contributed by atoms with E-state index >= 15 is 0 Å². The second-order valence-corrected chi connectivity index (χ2v) is 3.60. The van der Waals surface area contributed by atoms with Crippen LogP contribution >= 0.6 is 0 Å². The van der Waals surface area contributed by atoms with Gasteiger partial charge in [0.05, 0.1) is 0 Å². The molecule has 0 amide bonds. The molecular weight excluding hydrogens is 167 g/mol. The highest BCUT2D eigenvalue weighted by molar-refractivity contribution is 5.99. The highest BCUT2D eigenvalue weighted by Crippen LogP contribution is 2.32. The van der Waals surface area contributed by atoms with Gasteiger partial charge < -0.3 is 0 Å². The number of carbonyl (C=O) groups is 1. The summed E-state index contributed by atoms with van der Waals surface area (Å²) in [5.74, 6) is 0.139. The van der Waals surface area contributed by atoms with Crippen molar-refractivity contribution in [2.75, 3.05) is 0 Å². The van der Waals surface area contributed by atoms with E-state index in [9.17, 15) is 9.18 Å². The predicted octanol–water partition coefficient (Wildman–Crippen LogP) is 2.73. The third-order valence-electron chi connectivity index (χ3n) is 2.39. The molecule has 0 spiro atoms. The zero-order valence-corrected chi connectivity index (χ0v) is 7.51. The lowest BCUT2D eigenvalue weighted by Crippen LogP contribution is -2.01. The molecule has 0 atom stereocenters. The zero-order chi connectivity index (χ0) is 9.42. The number of Topliss-reactive ketones (excluding diaryl/α,β-unsaturated/α-hetero) is 1. The monoisotopic (exact) mass is 178 g/mol. The largest absolute Gasteiger partial charge is 0.294 e. The summed E-state index contributed by atoms with van der Waals surface area (Å²) in [7, 11) is 0. The lowest BCUT2D eigenvalue weighted by atomic mass is 10.0. The molecule has 0 aliphatic heterocycles. The van der Waals surface area contributed by atoms with Gasteiger partial charge in [-0.3, -0.25) is 4.79 Å². The molecule has 1 aromatic rings. The van der Waals surface area contributed by atoms with Gasteiger partial charge in [0.2, 0.25) is 0 Å². The second-order valence-electron chi connectivity index (χ2n) is 3.60. The van der Waals surface area contributed by atoms with Gasteiger partial charge in [0, 0.05) is 11.5 Å². The van der Waals surface area contributed by atoms with E-state index in [0.29, 0.717) is 11.1 Å². The Labute approximate surface area is 76.6 Å². The molecule has 0 radical (unpaired) electrons. The molecule has 1 saturated carbocycles. The Kier molecular flexibility index (Phi) is 1.91. The smallest absolute Gasteiger partial charge is 0.165 e. The first-order chi connectivity index (χ1) is 6.18. The molecule has 1 aromatic carbocycles. The minimum Gasteiger partial charge on any atom is -0.294 e. The Morgan fingerprint density at radius 1 is 1.46 bits per heavy atom.